The standard InChI is InChI=1S/C18H16ClN5/c19-17-10-4-5-11-18(17)22-20-12-6-9-16-14-24(23-21-16)13-15-7-2-1-3-8-15/h1-12,14,22H,13H2/b9-6+,20-12-. The van der Waals surface area contributed by atoms with E-state index in [1.807, 2.05) is 48.7 Å². The van der Waals surface area contributed by atoms with Gasteiger partial charge in [0.25, 0.3) is 0 Å². The van der Waals surface area contributed by atoms with Crippen molar-refractivity contribution in [2.75, 3.05) is 5.43 Å². The molecule has 1 aromatic heterocycles. The van der Waals surface area contributed by atoms with E-state index < -0.39 is 0 Å². The van der Waals surface area contributed by atoms with Gasteiger partial charge >= 0.3 is 0 Å². The van der Waals surface area contributed by atoms with Gasteiger partial charge in [0, 0.05) is 6.21 Å². The quantitative estimate of drug-likeness (QED) is 0.544. The van der Waals surface area contributed by atoms with Crippen LogP contribution in [0.1, 0.15) is 11.3 Å². The first-order valence-corrected chi connectivity index (χ1v) is 7.83. The Morgan fingerprint density at radius 1 is 1.08 bits per heavy atom. The van der Waals surface area contributed by atoms with Crippen LogP contribution in [0.15, 0.2) is 72.0 Å². The van der Waals surface area contributed by atoms with Crippen LogP contribution in [0.2, 0.25) is 5.02 Å². The Bertz CT molecular complexity index is 839. The van der Waals surface area contributed by atoms with Crippen molar-refractivity contribution in [2.45, 2.75) is 6.54 Å². The molecule has 0 saturated carbocycles. The second-order valence-electron chi connectivity index (χ2n) is 5.06. The van der Waals surface area contributed by atoms with Crippen molar-refractivity contribution < 1.29 is 0 Å². The Labute approximate surface area is 145 Å². The Morgan fingerprint density at radius 3 is 2.71 bits per heavy atom. The topological polar surface area (TPSA) is 55.1 Å². The number of nitrogens with one attached hydrogen (secondary N) is 1. The third-order valence-electron chi connectivity index (χ3n) is 3.23. The van der Waals surface area contributed by atoms with Gasteiger partial charge in [0.15, 0.2) is 0 Å². The lowest BCUT2D eigenvalue weighted by Crippen LogP contribution is -1.99. The van der Waals surface area contributed by atoms with Crippen LogP contribution in [0.3, 0.4) is 0 Å². The van der Waals surface area contributed by atoms with E-state index in [1.165, 1.54) is 5.56 Å². The van der Waals surface area contributed by atoms with Gasteiger partial charge in [-0.05, 0) is 29.8 Å². The van der Waals surface area contributed by atoms with Crippen LogP contribution in [0, 0.1) is 0 Å². The van der Waals surface area contributed by atoms with Crippen LogP contribution in [0.25, 0.3) is 6.08 Å². The molecule has 3 aromatic rings. The summed E-state index contributed by atoms with van der Waals surface area (Å²) in [6, 6.07) is 17.6. The van der Waals surface area contributed by atoms with Crippen LogP contribution in [-0.2, 0) is 6.54 Å². The first-order valence-electron chi connectivity index (χ1n) is 7.45. The summed E-state index contributed by atoms with van der Waals surface area (Å²) < 4.78 is 1.80. The second kappa shape index (κ2) is 8.08. The Balaban J connectivity index is 1.54. The molecule has 1 N–H and O–H groups in total. The van der Waals surface area contributed by atoms with E-state index in [0.717, 1.165) is 11.4 Å². The third-order valence-corrected chi connectivity index (χ3v) is 3.56. The lowest BCUT2D eigenvalue weighted by Gasteiger charge is -2.00. The van der Waals surface area contributed by atoms with Gasteiger partial charge in [-0.1, -0.05) is 59.3 Å². The van der Waals surface area contributed by atoms with Gasteiger partial charge < -0.3 is 0 Å². The Morgan fingerprint density at radius 2 is 1.88 bits per heavy atom. The van der Waals surface area contributed by atoms with E-state index >= 15 is 0 Å². The van der Waals surface area contributed by atoms with Gasteiger partial charge in [-0.25, -0.2) is 4.68 Å². The number of anilines is 1. The molecule has 6 heteroatoms. The van der Waals surface area contributed by atoms with Gasteiger partial charge in [0.1, 0.15) is 5.69 Å². The molecule has 1 heterocycles. The van der Waals surface area contributed by atoms with Crippen molar-refractivity contribution in [2.24, 2.45) is 5.10 Å². The van der Waals surface area contributed by atoms with Crippen molar-refractivity contribution in [3.05, 3.63) is 83.2 Å². The maximum Gasteiger partial charge on any atom is 0.105 e. The maximum absolute atomic E-state index is 6.03. The smallest absolute Gasteiger partial charge is 0.105 e. The molecular formula is C18H16ClN5. The van der Waals surface area contributed by atoms with Gasteiger partial charge in [0.05, 0.1) is 23.5 Å². The van der Waals surface area contributed by atoms with E-state index in [4.69, 9.17) is 11.6 Å². The van der Waals surface area contributed by atoms with Crippen molar-refractivity contribution in [3.63, 3.8) is 0 Å². The molecular weight excluding hydrogens is 322 g/mol. The predicted octanol–water partition coefficient (Wildman–Crippen LogP) is 4.09. The highest BCUT2D eigenvalue weighted by Gasteiger charge is 1.98. The molecule has 0 radical (unpaired) electrons. The zero-order valence-electron chi connectivity index (χ0n) is 12.9. The number of hydrazone groups is 1. The fourth-order valence-corrected chi connectivity index (χ4v) is 2.26. The largest absolute Gasteiger partial charge is 0.277 e. The summed E-state index contributed by atoms with van der Waals surface area (Å²) in [5.41, 5.74) is 5.60. The van der Waals surface area contributed by atoms with Crippen LogP contribution >= 0.6 is 11.6 Å². The van der Waals surface area contributed by atoms with Crippen LogP contribution in [-0.4, -0.2) is 21.2 Å². The molecule has 0 aliphatic carbocycles. The molecule has 3 rings (SSSR count). The molecule has 0 saturated heterocycles. The summed E-state index contributed by atoms with van der Waals surface area (Å²) >= 11 is 6.03. The molecule has 0 aliphatic rings. The van der Waals surface area contributed by atoms with E-state index in [9.17, 15) is 0 Å². The highest BCUT2D eigenvalue weighted by atomic mass is 35.5. The molecule has 120 valence electrons. The Hall–Kier alpha value is -2.92. The molecule has 24 heavy (non-hydrogen) atoms. The summed E-state index contributed by atoms with van der Waals surface area (Å²) in [6.07, 6.45) is 7.16. The molecule has 2 aromatic carbocycles. The average Bonchev–Trinajstić information content (AvgIpc) is 3.04. The first-order chi connectivity index (χ1) is 11.8. The summed E-state index contributed by atoms with van der Waals surface area (Å²) in [6.45, 7) is 0.698. The minimum Gasteiger partial charge on any atom is -0.277 e. The van der Waals surface area contributed by atoms with Crippen molar-refractivity contribution in [1.82, 2.24) is 15.0 Å². The fraction of sp³-hybridized carbons (Fsp3) is 0.0556. The molecule has 0 fully saturated rings. The first kappa shape index (κ1) is 16.0. The zero-order chi connectivity index (χ0) is 16.6. The molecule has 0 bridgehead atoms. The summed E-state index contributed by atoms with van der Waals surface area (Å²) in [7, 11) is 0. The van der Waals surface area contributed by atoms with E-state index in [0.29, 0.717) is 11.6 Å². The summed E-state index contributed by atoms with van der Waals surface area (Å²) in [5.74, 6) is 0. The van der Waals surface area contributed by atoms with Crippen LogP contribution < -0.4 is 5.43 Å². The number of benzene rings is 2. The number of nitrogens with zero attached hydrogens (tertiary/aromatic N) is 4. The van der Waals surface area contributed by atoms with Gasteiger partial charge in [-0.2, -0.15) is 5.10 Å². The number of para-hydroxylation sites is 1. The zero-order valence-corrected chi connectivity index (χ0v) is 13.6. The molecule has 0 aliphatic heterocycles. The number of allylic oxidation sites excluding steroid dienone is 1. The molecule has 0 amide bonds. The van der Waals surface area contributed by atoms with Crippen LogP contribution in [0.4, 0.5) is 5.69 Å². The van der Waals surface area contributed by atoms with E-state index in [1.54, 1.807) is 23.0 Å². The van der Waals surface area contributed by atoms with Gasteiger partial charge in [0.2, 0.25) is 0 Å². The number of hydrogen-bond acceptors (Lipinski definition) is 4. The number of rotatable bonds is 6. The van der Waals surface area contributed by atoms with Crippen molar-refractivity contribution in [3.8, 4) is 0 Å². The second-order valence-corrected chi connectivity index (χ2v) is 5.46. The molecule has 5 nitrogen and oxygen atoms in total. The molecule has 0 unspecified atom stereocenters. The fourth-order valence-electron chi connectivity index (χ4n) is 2.08. The van der Waals surface area contributed by atoms with Crippen LogP contribution in [0.5, 0.6) is 0 Å². The van der Waals surface area contributed by atoms with Gasteiger partial charge in [-0.15, -0.1) is 5.10 Å². The van der Waals surface area contributed by atoms with Gasteiger partial charge in [-0.3, -0.25) is 5.43 Å². The third kappa shape index (κ3) is 4.54. The minimum absolute atomic E-state index is 0.627. The van der Waals surface area contributed by atoms with Crippen molar-refractivity contribution >= 4 is 29.6 Å². The lowest BCUT2D eigenvalue weighted by atomic mass is 10.2. The number of aromatic nitrogens is 3. The average molecular weight is 338 g/mol. The maximum atomic E-state index is 6.03. The van der Waals surface area contributed by atoms with E-state index in [2.05, 4.69) is 33.0 Å². The Kier molecular flexibility index (Phi) is 5.37. The highest BCUT2D eigenvalue weighted by molar-refractivity contribution is 6.33. The predicted molar refractivity (Wildman–Crippen MR) is 98.2 cm³/mol. The summed E-state index contributed by atoms with van der Waals surface area (Å²) in [4.78, 5) is 0. The normalized spacial score (nSPS) is 11.4. The summed E-state index contributed by atoms with van der Waals surface area (Å²) in [5, 5.41) is 12.9. The molecule has 0 atom stereocenters. The number of halogens is 1. The highest BCUT2D eigenvalue weighted by Crippen LogP contribution is 2.19. The lowest BCUT2D eigenvalue weighted by molar-refractivity contribution is 0.649. The minimum atomic E-state index is 0.627. The SMILES string of the molecule is Clc1ccccc1N/N=C\C=C\c1cn(Cc2ccccc2)nn1. The molecule has 0 spiro atoms. The number of hydrogen-bond donors (Lipinski definition) is 1. The van der Waals surface area contributed by atoms with Crippen molar-refractivity contribution in [1.29, 1.82) is 0 Å². The van der Waals surface area contributed by atoms with E-state index in [-0.39, 0.29) is 0 Å². The monoisotopic (exact) mass is 337 g/mol.